The number of alkyl halides is 3. The first kappa shape index (κ1) is 23.6. The SMILES string of the molecule is CCCCN(CC(F)(F)F)C(=O)c1ccc(CC)c(S(=O)(=O)N2CCOCC2)c1. The van der Waals surface area contributed by atoms with Gasteiger partial charge in [0.15, 0.2) is 0 Å². The number of hydrogen-bond acceptors (Lipinski definition) is 4. The van der Waals surface area contributed by atoms with E-state index >= 15 is 0 Å². The van der Waals surface area contributed by atoms with Crippen LogP contribution in [0.4, 0.5) is 13.2 Å². The minimum absolute atomic E-state index is 0.0322. The van der Waals surface area contributed by atoms with Crippen LogP contribution in [0.25, 0.3) is 0 Å². The van der Waals surface area contributed by atoms with Gasteiger partial charge in [-0.3, -0.25) is 4.79 Å². The minimum atomic E-state index is -4.53. The third-order valence-corrected chi connectivity index (χ3v) is 6.70. The van der Waals surface area contributed by atoms with Crippen LogP contribution in [0.3, 0.4) is 0 Å². The van der Waals surface area contributed by atoms with Crippen LogP contribution in [0, 0.1) is 0 Å². The molecule has 1 heterocycles. The maximum Gasteiger partial charge on any atom is 0.406 e. The molecule has 6 nitrogen and oxygen atoms in total. The van der Waals surface area contributed by atoms with Gasteiger partial charge >= 0.3 is 6.18 Å². The van der Waals surface area contributed by atoms with E-state index in [4.69, 9.17) is 4.74 Å². The van der Waals surface area contributed by atoms with Crippen LogP contribution in [0.2, 0.25) is 0 Å². The van der Waals surface area contributed by atoms with E-state index < -0.39 is 28.7 Å². The number of hydrogen-bond donors (Lipinski definition) is 0. The Morgan fingerprint density at radius 2 is 1.86 bits per heavy atom. The number of unbranched alkanes of at least 4 members (excludes halogenated alkanes) is 1. The van der Waals surface area contributed by atoms with Gasteiger partial charge in [-0.05, 0) is 30.5 Å². The average molecular weight is 436 g/mol. The lowest BCUT2D eigenvalue weighted by molar-refractivity contribution is -0.140. The monoisotopic (exact) mass is 436 g/mol. The molecule has 0 bridgehead atoms. The molecule has 0 radical (unpaired) electrons. The Bertz CT molecular complexity index is 806. The molecule has 1 aromatic carbocycles. The predicted octanol–water partition coefficient (Wildman–Crippen LogP) is 3.07. The molecule has 0 aliphatic carbocycles. The molecule has 0 unspecified atom stereocenters. The Hall–Kier alpha value is -1.65. The number of ether oxygens (including phenoxy) is 1. The molecule has 1 amide bonds. The second-order valence-electron chi connectivity index (χ2n) is 6.89. The van der Waals surface area contributed by atoms with Crippen molar-refractivity contribution in [2.45, 2.75) is 44.2 Å². The number of morpholine rings is 1. The highest BCUT2D eigenvalue weighted by Crippen LogP contribution is 2.25. The lowest BCUT2D eigenvalue weighted by atomic mass is 10.1. The quantitative estimate of drug-likeness (QED) is 0.628. The molecule has 1 aromatic rings. The number of sulfonamides is 1. The largest absolute Gasteiger partial charge is 0.406 e. The van der Waals surface area contributed by atoms with Gasteiger partial charge in [0, 0.05) is 25.2 Å². The summed E-state index contributed by atoms with van der Waals surface area (Å²) in [6.45, 7) is 3.13. The molecular formula is C19H27F3N2O4S. The van der Waals surface area contributed by atoms with Gasteiger partial charge in [-0.1, -0.05) is 26.3 Å². The first-order valence-electron chi connectivity index (χ1n) is 9.67. The standard InChI is InChI=1S/C19H27F3N2O4S/c1-3-5-8-23(14-19(20,21)22)18(25)16-7-6-15(4-2)17(13-16)29(26,27)24-9-11-28-12-10-24/h6-7,13H,3-5,8-12,14H2,1-2H3. The summed E-state index contributed by atoms with van der Waals surface area (Å²) in [5.41, 5.74) is 0.457. The summed E-state index contributed by atoms with van der Waals surface area (Å²) in [6, 6.07) is 4.11. The Balaban J connectivity index is 2.40. The zero-order valence-corrected chi connectivity index (χ0v) is 17.5. The number of amides is 1. The van der Waals surface area contributed by atoms with Crippen LogP contribution in [-0.2, 0) is 21.2 Å². The third kappa shape index (κ3) is 6.16. The van der Waals surface area contributed by atoms with E-state index in [2.05, 4.69) is 0 Å². The molecule has 2 rings (SSSR count). The van der Waals surface area contributed by atoms with E-state index in [1.165, 1.54) is 22.5 Å². The van der Waals surface area contributed by atoms with E-state index in [-0.39, 0.29) is 43.3 Å². The first-order valence-corrected chi connectivity index (χ1v) is 11.1. The van der Waals surface area contributed by atoms with Gasteiger partial charge in [0.05, 0.1) is 18.1 Å². The van der Waals surface area contributed by atoms with E-state index in [0.717, 1.165) is 4.90 Å². The smallest absolute Gasteiger partial charge is 0.379 e. The van der Waals surface area contributed by atoms with E-state index in [1.54, 1.807) is 6.92 Å². The van der Waals surface area contributed by atoms with Gasteiger partial charge in [0.2, 0.25) is 10.0 Å². The summed E-state index contributed by atoms with van der Waals surface area (Å²) < 4.78 is 71.4. The molecule has 29 heavy (non-hydrogen) atoms. The van der Waals surface area contributed by atoms with Crippen molar-refractivity contribution in [3.05, 3.63) is 29.3 Å². The van der Waals surface area contributed by atoms with Crippen LogP contribution in [-0.4, -0.2) is 69.1 Å². The fraction of sp³-hybridized carbons (Fsp3) is 0.632. The van der Waals surface area contributed by atoms with Gasteiger partial charge in [0.25, 0.3) is 5.91 Å². The number of aryl methyl sites for hydroxylation is 1. The number of carbonyl (C=O) groups excluding carboxylic acids is 1. The van der Waals surface area contributed by atoms with Crippen molar-refractivity contribution in [2.75, 3.05) is 39.4 Å². The van der Waals surface area contributed by atoms with Crippen LogP contribution in [0.1, 0.15) is 42.6 Å². The zero-order chi connectivity index (χ0) is 21.7. The molecule has 1 aliphatic heterocycles. The molecule has 0 N–H and O–H groups in total. The molecule has 0 atom stereocenters. The highest BCUT2D eigenvalue weighted by atomic mass is 32.2. The number of benzene rings is 1. The molecule has 0 saturated carbocycles. The lowest BCUT2D eigenvalue weighted by Gasteiger charge is -2.28. The summed E-state index contributed by atoms with van der Waals surface area (Å²) in [5.74, 6) is -0.822. The first-order chi connectivity index (χ1) is 13.6. The third-order valence-electron chi connectivity index (χ3n) is 4.72. The molecule has 1 fully saturated rings. The average Bonchev–Trinajstić information content (AvgIpc) is 2.69. The topological polar surface area (TPSA) is 66.9 Å². The van der Waals surface area contributed by atoms with E-state index in [9.17, 15) is 26.4 Å². The van der Waals surface area contributed by atoms with Crippen molar-refractivity contribution in [3.8, 4) is 0 Å². The summed E-state index contributed by atoms with van der Waals surface area (Å²) in [7, 11) is -3.88. The lowest BCUT2D eigenvalue weighted by Crippen LogP contribution is -2.41. The minimum Gasteiger partial charge on any atom is -0.379 e. The van der Waals surface area contributed by atoms with Gasteiger partial charge in [-0.2, -0.15) is 17.5 Å². The van der Waals surface area contributed by atoms with Crippen LogP contribution in [0.5, 0.6) is 0 Å². The van der Waals surface area contributed by atoms with Crippen LogP contribution < -0.4 is 0 Å². The van der Waals surface area contributed by atoms with Gasteiger partial charge < -0.3 is 9.64 Å². The summed E-state index contributed by atoms with van der Waals surface area (Å²) >= 11 is 0. The van der Waals surface area contributed by atoms with Gasteiger partial charge in [0.1, 0.15) is 6.54 Å². The molecule has 164 valence electrons. The van der Waals surface area contributed by atoms with Crippen molar-refractivity contribution < 1.29 is 31.1 Å². The van der Waals surface area contributed by atoms with Crippen LogP contribution in [0.15, 0.2) is 23.1 Å². The van der Waals surface area contributed by atoms with Crippen molar-refractivity contribution in [3.63, 3.8) is 0 Å². The number of nitrogens with zero attached hydrogens (tertiary/aromatic N) is 2. The Morgan fingerprint density at radius 1 is 1.21 bits per heavy atom. The molecule has 0 aromatic heterocycles. The van der Waals surface area contributed by atoms with Crippen molar-refractivity contribution in [1.29, 1.82) is 0 Å². The Labute approximate surface area is 169 Å². The maximum absolute atomic E-state index is 13.1. The molecule has 10 heteroatoms. The number of halogens is 3. The second kappa shape index (κ2) is 9.90. The zero-order valence-electron chi connectivity index (χ0n) is 16.7. The Kier molecular flexibility index (Phi) is 8.07. The van der Waals surface area contributed by atoms with E-state index in [1.807, 2.05) is 6.92 Å². The molecule has 1 saturated heterocycles. The molecular weight excluding hydrogens is 409 g/mol. The summed E-state index contributed by atoms with van der Waals surface area (Å²) in [6.07, 6.45) is -3.06. The highest BCUT2D eigenvalue weighted by Gasteiger charge is 2.34. The highest BCUT2D eigenvalue weighted by molar-refractivity contribution is 7.89. The fourth-order valence-electron chi connectivity index (χ4n) is 3.15. The van der Waals surface area contributed by atoms with Gasteiger partial charge in [-0.25, -0.2) is 8.42 Å². The maximum atomic E-state index is 13.1. The van der Waals surface area contributed by atoms with Crippen molar-refractivity contribution in [2.24, 2.45) is 0 Å². The van der Waals surface area contributed by atoms with Crippen molar-refractivity contribution in [1.82, 2.24) is 9.21 Å². The second-order valence-corrected chi connectivity index (χ2v) is 8.79. The van der Waals surface area contributed by atoms with Crippen LogP contribution >= 0.6 is 0 Å². The predicted molar refractivity (Wildman–Crippen MR) is 102 cm³/mol. The molecule has 0 spiro atoms. The van der Waals surface area contributed by atoms with Crippen molar-refractivity contribution >= 4 is 15.9 Å². The fourth-order valence-corrected chi connectivity index (χ4v) is 4.87. The molecule has 1 aliphatic rings. The Morgan fingerprint density at radius 3 is 2.41 bits per heavy atom. The summed E-state index contributed by atoms with van der Waals surface area (Å²) in [4.78, 5) is 13.5. The van der Waals surface area contributed by atoms with E-state index in [0.29, 0.717) is 24.8 Å². The normalized spacial score (nSPS) is 16.0. The summed E-state index contributed by atoms with van der Waals surface area (Å²) in [5, 5.41) is 0. The number of rotatable bonds is 8. The number of carbonyl (C=O) groups is 1. The van der Waals surface area contributed by atoms with Gasteiger partial charge in [-0.15, -0.1) is 0 Å².